The maximum atomic E-state index is 11.9. The first kappa shape index (κ1) is 21.6. The zero-order chi connectivity index (χ0) is 21.1. The number of hydrogen-bond donors (Lipinski definition) is 2. The molecule has 0 spiro atoms. The molecule has 2 aromatic heterocycles. The van der Waals surface area contributed by atoms with Crippen LogP contribution in [0.5, 0.6) is 0 Å². The van der Waals surface area contributed by atoms with Gasteiger partial charge in [0.2, 0.25) is 5.91 Å². The first-order valence-electron chi connectivity index (χ1n) is 8.87. The van der Waals surface area contributed by atoms with Gasteiger partial charge in [-0.15, -0.1) is 11.3 Å². The predicted octanol–water partition coefficient (Wildman–Crippen LogP) is 2.24. The number of aromatic nitrogens is 2. The Kier molecular flexibility index (Phi) is 6.60. The molecule has 28 heavy (non-hydrogen) atoms. The standard InChI is InChI=1S/C19H26N4O4S/c1-11-13(17(20)25)8-15(23(11)7-6-21-12(2)24)14-10-28-16(22-14)9-27-18(26)19(3,4)5/h8,10H,6-7,9H2,1-5H3,(H2,20,25)(H,21,24). The van der Waals surface area contributed by atoms with Gasteiger partial charge in [0.15, 0.2) is 0 Å². The molecule has 0 unspecified atom stereocenters. The minimum Gasteiger partial charge on any atom is -0.458 e. The maximum Gasteiger partial charge on any atom is 0.311 e. The van der Waals surface area contributed by atoms with Crippen LogP contribution in [-0.2, 0) is 27.5 Å². The van der Waals surface area contributed by atoms with Crippen LogP contribution in [0.3, 0.4) is 0 Å². The molecule has 0 saturated carbocycles. The fourth-order valence-electron chi connectivity index (χ4n) is 2.58. The predicted molar refractivity (Wildman–Crippen MR) is 107 cm³/mol. The topological polar surface area (TPSA) is 116 Å². The first-order valence-corrected chi connectivity index (χ1v) is 9.75. The van der Waals surface area contributed by atoms with Crippen LogP contribution in [0.2, 0.25) is 0 Å². The minimum atomic E-state index is -0.577. The van der Waals surface area contributed by atoms with Crippen molar-refractivity contribution in [2.24, 2.45) is 11.1 Å². The van der Waals surface area contributed by atoms with Crippen LogP contribution in [0.25, 0.3) is 11.4 Å². The van der Waals surface area contributed by atoms with Crippen LogP contribution in [0, 0.1) is 12.3 Å². The van der Waals surface area contributed by atoms with Crippen LogP contribution in [0.1, 0.15) is 48.8 Å². The average Bonchev–Trinajstić information content (AvgIpc) is 3.16. The Morgan fingerprint density at radius 2 is 2.00 bits per heavy atom. The molecule has 0 saturated heterocycles. The summed E-state index contributed by atoms with van der Waals surface area (Å²) in [5.41, 5.74) is 7.40. The molecule has 0 fully saturated rings. The van der Waals surface area contributed by atoms with Gasteiger partial charge >= 0.3 is 5.97 Å². The Labute approximate surface area is 168 Å². The van der Waals surface area contributed by atoms with Crippen molar-refractivity contribution in [2.75, 3.05) is 6.54 Å². The van der Waals surface area contributed by atoms with Gasteiger partial charge in [0.1, 0.15) is 11.6 Å². The summed E-state index contributed by atoms with van der Waals surface area (Å²) in [4.78, 5) is 39.3. The second-order valence-corrected chi connectivity index (χ2v) is 8.42. The Bertz CT molecular complexity index is 892. The molecule has 2 heterocycles. The Balaban J connectivity index is 2.25. The summed E-state index contributed by atoms with van der Waals surface area (Å²) in [6, 6.07) is 1.70. The van der Waals surface area contributed by atoms with E-state index in [2.05, 4.69) is 10.3 Å². The number of amides is 2. The number of carbonyl (C=O) groups is 3. The molecule has 0 atom stereocenters. The van der Waals surface area contributed by atoms with Crippen molar-refractivity contribution in [2.45, 2.75) is 47.8 Å². The van der Waals surface area contributed by atoms with Gasteiger partial charge in [-0.25, -0.2) is 4.98 Å². The molecule has 2 amide bonds. The molecule has 8 nitrogen and oxygen atoms in total. The van der Waals surface area contributed by atoms with Crippen LogP contribution in [-0.4, -0.2) is 33.9 Å². The van der Waals surface area contributed by atoms with Crippen LogP contribution < -0.4 is 11.1 Å². The van der Waals surface area contributed by atoms with Crippen molar-refractivity contribution in [1.29, 1.82) is 0 Å². The largest absolute Gasteiger partial charge is 0.458 e. The summed E-state index contributed by atoms with van der Waals surface area (Å²) in [6.45, 7) is 9.60. The monoisotopic (exact) mass is 406 g/mol. The van der Waals surface area contributed by atoms with Crippen LogP contribution >= 0.6 is 11.3 Å². The van der Waals surface area contributed by atoms with Gasteiger partial charge in [0.25, 0.3) is 5.91 Å². The smallest absolute Gasteiger partial charge is 0.311 e. The number of esters is 1. The Hall–Kier alpha value is -2.68. The molecular formula is C19H26N4O4S. The molecule has 9 heteroatoms. The minimum absolute atomic E-state index is 0.0923. The van der Waals surface area contributed by atoms with E-state index in [4.69, 9.17) is 10.5 Å². The van der Waals surface area contributed by atoms with E-state index < -0.39 is 11.3 Å². The van der Waals surface area contributed by atoms with E-state index in [9.17, 15) is 14.4 Å². The summed E-state index contributed by atoms with van der Waals surface area (Å²) in [5, 5.41) is 5.23. The van der Waals surface area contributed by atoms with Gasteiger partial charge in [-0.05, 0) is 33.8 Å². The van der Waals surface area contributed by atoms with Crippen LogP contribution in [0.15, 0.2) is 11.4 Å². The Morgan fingerprint density at radius 3 is 2.57 bits per heavy atom. The number of primary amides is 1. The molecule has 3 N–H and O–H groups in total. The third kappa shape index (κ3) is 5.19. The number of hydrogen-bond acceptors (Lipinski definition) is 6. The van der Waals surface area contributed by atoms with Crippen molar-refractivity contribution in [3.63, 3.8) is 0 Å². The van der Waals surface area contributed by atoms with Gasteiger partial charge in [-0.3, -0.25) is 14.4 Å². The number of carbonyl (C=O) groups excluding carboxylic acids is 3. The van der Waals surface area contributed by atoms with E-state index in [1.165, 1.54) is 18.3 Å². The molecular weight excluding hydrogens is 380 g/mol. The quantitative estimate of drug-likeness (QED) is 0.684. The van der Waals surface area contributed by atoms with E-state index in [0.29, 0.717) is 35.0 Å². The Morgan fingerprint density at radius 1 is 1.32 bits per heavy atom. The first-order chi connectivity index (χ1) is 13.0. The molecule has 0 radical (unpaired) electrons. The van der Waals surface area contributed by atoms with Crippen molar-refractivity contribution in [1.82, 2.24) is 14.9 Å². The lowest BCUT2D eigenvalue weighted by Gasteiger charge is -2.15. The van der Waals surface area contributed by atoms with Crippen molar-refractivity contribution >= 4 is 29.1 Å². The van der Waals surface area contributed by atoms with E-state index in [-0.39, 0.29) is 18.5 Å². The molecule has 2 aromatic rings. The van der Waals surface area contributed by atoms with E-state index >= 15 is 0 Å². The SMILES string of the molecule is CC(=O)NCCn1c(-c2csc(COC(=O)C(C)(C)C)n2)cc(C(N)=O)c1C. The fraction of sp³-hybridized carbons (Fsp3) is 0.474. The van der Waals surface area contributed by atoms with Gasteiger partial charge in [0.05, 0.1) is 22.4 Å². The third-order valence-corrected chi connectivity index (χ3v) is 4.92. The summed E-state index contributed by atoms with van der Waals surface area (Å²) in [6.07, 6.45) is 0. The highest BCUT2D eigenvalue weighted by Crippen LogP contribution is 2.28. The van der Waals surface area contributed by atoms with Gasteiger partial charge in [-0.1, -0.05) is 0 Å². The number of nitrogens with zero attached hydrogens (tertiary/aromatic N) is 2. The van der Waals surface area contributed by atoms with Crippen LogP contribution in [0.4, 0.5) is 0 Å². The number of rotatable bonds is 7. The normalized spacial score (nSPS) is 11.3. The highest BCUT2D eigenvalue weighted by molar-refractivity contribution is 7.09. The van der Waals surface area contributed by atoms with Gasteiger partial charge < -0.3 is 20.4 Å². The summed E-state index contributed by atoms with van der Waals surface area (Å²) in [7, 11) is 0. The summed E-state index contributed by atoms with van der Waals surface area (Å²) < 4.78 is 7.21. The molecule has 0 aliphatic rings. The van der Waals surface area contributed by atoms with Crippen molar-refractivity contribution in [3.8, 4) is 11.4 Å². The molecule has 0 bridgehead atoms. The number of nitrogens with two attached hydrogens (primary N) is 1. The zero-order valence-corrected chi connectivity index (χ0v) is 17.6. The molecule has 152 valence electrons. The lowest BCUT2D eigenvalue weighted by atomic mass is 9.97. The van der Waals surface area contributed by atoms with E-state index in [1.807, 2.05) is 9.95 Å². The maximum absolute atomic E-state index is 11.9. The van der Waals surface area contributed by atoms with Crippen molar-refractivity contribution in [3.05, 3.63) is 27.7 Å². The van der Waals surface area contributed by atoms with Gasteiger partial charge in [0, 0.05) is 31.1 Å². The summed E-state index contributed by atoms with van der Waals surface area (Å²) in [5.74, 6) is -0.945. The highest BCUT2D eigenvalue weighted by atomic mass is 32.1. The highest BCUT2D eigenvalue weighted by Gasteiger charge is 2.24. The fourth-order valence-corrected chi connectivity index (χ4v) is 3.28. The lowest BCUT2D eigenvalue weighted by molar-refractivity contribution is -0.154. The second-order valence-electron chi connectivity index (χ2n) is 7.48. The second kappa shape index (κ2) is 8.55. The number of nitrogens with one attached hydrogen (secondary N) is 1. The molecule has 0 aliphatic carbocycles. The zero-order valence-electron chi connectivity index (χ0n) is 16.8. The average molecular weight is 407 g/mol. The molecule has 0 aromatic carbocycles. The van der Waals surface area contributed by atoms with Gasteiger partial charge in [-0.2, -0.15) is 0 Å². The van der Waals surface area contributed by atoms with Crippen molar-refractivity contribution < 1.29 is 19.1 Å². The van der Waals surface area contributed by atoms with E-state index in [0.717, 1.165) is 5.69 Å². The summed E-state index contributed by atoms with van der Waals surface area (Å²) >= 11 is 1.37. The third-order valence-electron chi connectivity index (χ3n) is 4.09. The van der Waals surface area contributed by atoms with E-state index in [1.54, 1.807) is 33.8 Å². The number of ether oxygens (including phenoxy) is 1. The number of thiazole rings is 1. The lowest BCUT2D eigenvalue weighted by Crippen LogP contribution is -2.25. The molecule has 2 rings (SSSR count). The molecule has 0 aliphatic heterocycles.